The Balaban J connectivity index is 1.50. The average Bonchev–Trinajstić information content (AvgIpc) is 3.02. The van der Waals surface area contributed by atoms with E-state index in [1.54, 1.807) is 6.07 Å². The molecule has 4 nitrogen and oxygen atoms in total. The van der Waals surface area contributed by atoms with Crippen molar-refractivity contribution in [3.63, 3.8) is 0 Å². The molecule has 1 aliphatic heterocycles. The summed E-state index contributed by atoms with van der Waals surface area (Å²) < 4.78 is 16.3. The average molecular weight is 453 g/mol. The topological polar surface area (TPSA) is 51.5 Å². The minimum absolute atomic E-state index is 0.0720. The van der Waals surface area contributed by atoms with Gasteiger partial charge >= 0.3 is 0 Å². The van der Waals surface area contributed by atoms with Crippen LogP contribution in [0.4, 0.5) is 0 Å². The lowest BCUT2D eigenvalue weighted by Crippen LogP contribution is -2.34. The summed E-state index contributed by atoms with van der Waals surface area (Å²) in [5.41, 5.74) is 0.604. The molecule has 2 aromatic rings. The number of hydrogen-bond donors (Lipinski definition) is 0. The Morgan fingerprint density at radius 1 is 1.03 bits per heavy atom. The summed E-state index contributed by atoms with van der Waals surface area (Å²) in [6.07, 6.45) is -2.01. The maximum atomic E-state index is 9.73. The zero-order valence-corrected chi connectivity index (χ0v) is 18.2. The molecule has 152 valence electrons. The van der Waals surface area contributed by atoms with E-state index < -0.39 is 22.3 Å². The van der Waals surface area contributed by atoms with Crippen molar-refractivity contribution in [3.8, 4) is 17.6 Å². The van der Waals surface area contributed by atoms with Crippen molar-refractivity contribution in [1.82, 2.24) is 0 Å². The van der Waals surface area contributed by atoms with Crippen LogP contribution in [-0.2, 0) is 9.47 Å². The first-order chi connectivity index (χ1) is 13.7. The monoisotopic (exact) mass is 451 g/mol. The Labute approximate surface area is 185 Å². The van der Waals surface area contributed by atoms with Crippen LogP contribution in [0.1, 0.15) is 25.5 Å². The maximum absolute atomic E-state index is 9.73. The SMILES string of the molecule is CC1(C)[C@@H]2[C@@H](O[C@H](C#N)c3cccc(Oc4ccccc4)c3)O[C@@H](C(Cl)(Cl)Cl)[C@@H]21. The van der Waals surface area contributed by atoms with E-state index in [9.17, 15) is 5.26 Å². The van der Waals surface area contributed by atoms with Crippen molar-refractivity contribution in [3.05, 3.63) is 60.2 Å². The quantitative estimate of drug-likeness (QED) is 0.491. The fourth-order valence-electron chi connectivity index (χ4n) is 4.21. The number of benzene rings is 2. The highest BCUT2D eigenvalue weighted by molar-refractivity contribution is 6.68. The molecule has 0 unspecified atom stereocenters. The Bertz CT molecular complexity index is 923. The van der Waals surface area contributed by atoms with E-state index in [2.05, 4.69) is 19.9 Å². The molecule has 0 radical (unpaired) electrons. The highest BCUT2D eigenvalue weighted by Crippen LogP contribution is 2.70. The summed E-state index contributed by atoms with van der Waals surface area (Å²) in [7, 11) is 0. The smallest absolute Gasteiger partial charge is 0.216 e. The van der Waals surface area contributed by atoms with E-state index in [0.717, 1.165) is 0 Å². The molecule has 1 saturated carbocycles. The highest BCUT2D eigenvalue weighted by atomic mass is 35.6. The van der Waals surface area contributed by atoms with Gasteiger partial charge in [-0.3, -0.25) is 0 Å². The van der Waals surface area contributed by atoms with E-state index in [1.165, 1.54) is 0 Å². The van der Waals surface area contributed by atoms with Gasteiger partial charge in [-0.15, -0.1) is 0 Å². The van der Waals surface area contributed by atoms with Crippen molar-refractivity contribution >= 4 is 34.8 Å². The summed E-state index contributed by atoms with van der Waals surface area (Å²) in [6.45, 7) is 4.20. The molecule has 2 fully saturated rings. The summed E-state index contributed by atoms with van der Waals surface area (Å²) in [5.74, 6) is 1.48. The molecule has 1 saturated heterocycles. The second-order valence-electron chi connectivity index (χ2n) is 7.97. The highest BCUT2D eigenvalue weighted by Gasteiger charge is 2.73. The molecule has 2 aliphatic rings. The number of hydrogen-bond acceptors (Lipinski definition) is 4. The second kappa shape index (κ2) is 7.65. The minimum atomic E-state index is -1.54. The van der Waals surface area contributed by atoms with Crippen LogP contribution in [0.5, 0.6) is 11.5 Å². The third kappa shape index (κ3) is 4.08. The number of nitriles is 1. The molecule has 29 heavy (non-hydrogen) atoms. The Morgan fingerprint density at radius 2 is 1.72 bits per heavy atom. The van der Waals surface area contributed by atoms with Crippen molar-refractivity contribution < 1.29 is 14.2 Å². The number of rotatable bonds is 5. The Morgan fingerprint density at radius 3 is 2.34 bits per heavy atom. The van der Waals surface area contributed by atoms with Crippen LogP contribution in [0, 0.1) is 28.6 Å². The standard InChI is InChI=1S/C22H20Cl3NO3/c1-21(2)17-18(21)20(29-19(17)22(23,24)25)28-16(12-26)13-7-6-10-15(11-13)27-14-8-4-3-5-9-14/h3-11,16-20H,1-2H3/t16-,17-,18+,19-,20+/m1/s1. The van der Waals surface area contributed by atoms with Crippen LogP contribution in [0.15, 0.2) is 54.6 Å². The van der Waals surface area contributed by atoms with E-state index in [4.69, 9.17) is 49.0 Å². The van der Waals surface area contributed by atoms with Crippen LogP contribution >= 0.6 is 34.8 Å². The summed E-state index contributed by atoms with van der Waals surface area (Å²) in [6, 6.07) is 18.9. The van der Waals surface area contributed by atoms with Gasteiger partial charge in [-0.25, -0.2) is 0 Å². The first-order valence-corrected chi connectivity index (χ1v) is 10.5. The van der Waals surface area contributed by atoms with Gasteiger partial charge in [-0.2, -0.15) is 5.26 Å². The van der Waals surface area contributed by atoms with Gasteiger partial charge in [0, 0.05) is 11.8 Å². The van der Waals surface area contributed by atoms with Gasteiger partial charge in [0.1, 0.15) is 17.6 Å². The van der Waals surface area contributed by atoms with Gasteiger partial charge in [0.15, 0.2) is 12.4 Å². The lowest BCUT2D eigenvalue weighted by Gasteiger charge is -2.29. The third-order valence-corrected chi connectivity index (χ3v) is 6.39. The van der Waals surface area contributed by atoms with Crippen LogP contribution in [0.3, 0.4) is 0 Å². The molecule has 1 heterocycles. The van der Waals surface area contributed by atoms with Gasteiger partial charge in [0.25, 0.3) is 0 Å². The van der Waals surface area contributed by atoms with E-state index in [-0.39, 0.29) is 17.3 Å². The lowest BCUT2D eigenvalue weighted by molar-refractivity contribution is -0.179. The number of nitrogens with zero attached hydrogens (tertiary/aromatic N) is 1. The predicted molar refractivity (Wildman–Crippen MR) is 112 cm³/mol. The van der Waals surface area contributed by atoms with Crippen LogP contribution in [0.2, 0.25) is 0 Å². The van der Waals surface area contributed by atoms with Crippen molar-refractivity contribution in [2.45, 2.75) is 36.1 Å². The largest absolute Gasteiger partial charge is 0.457 e. The molecular weight excluding hydrogens is 433 g/mol. The zero-order chi connectivity index (χ0) is 20.8. The Kier molecular flexibility index (Phi) is 5.48. The number of halogens is 3. The molecule has 0 N–H and O–H groups in total. The molecule has 0 bridgehead atoms. The first-order valence-electron chi connectivity index (χ1n) is 9.32. The van der Waals surface area contributed by atoms with Crippen molar-refractivity contribution in [1.29, 1.82) is 5.26 Å². The number of ether oxygens (including phenoxy) is 3. The lowest BCUT2D eigenvalue weighted by atomic mass is 10.0. The number of alkyl halides is 3. The maximum Gasteiger partial charge on any atom is 0.216 e. The van der Waals surface area contributed by atoms with Crippen LogP contribution in [-0.4, -0.2) is 16.2 Å². The van der Waals surface area contributed by atoms with E-state index >= 15 is 0 Å². The fraction of sp³-hybridized carbons (Fsp3) is 0.409. The van der Waals surface area contributed by atoms with Gasteiger partial charge in [0.05, 0.1) is 6.07 Å². The molecule has 0 aromatic heterocycles. The van der Waals surface area contributed by atoms with Crippen molar-refractivity contribution in [2.24, 2.45) is 17.3 Å². The van der Waals surface area contributed by atoms with Gasteiger partial charge in [0.2, 0.25) is 3.79 Å². The molecular formula is C22H20Cl3NO3. The second-order valence-corrected chi connectivity index (χ2v) is 10.3. The van der Waals surface area contributed by atoms with E-state index in [1.807, 2.05) is 48.5 Å². The minimum Gasteiger partial charge on any atom is -0.457 e. The first kappa shape index (κ1) is 20.8. The molecule has 2 aromatic carbocycles. The molecule has 0 spiro atoms. The molecule has 7 heteroatoms. The fourth-order valence-corrected chi connectivity index (χ4v) is 4.77. The number of fused-ring (bicyclic) bond motifs is 1. The van der Waals surface area contributed by atoms with E-state index in [0.29, 0.717) is 17.1 Å². The van der Waals surface area contributed by atoms with Crippen molar-refractivity contribution in [2.75, 3.05) is 0 Å². The summed E-state index contributed by atoms with van der Waals surface area (Å²) >= 11 is 18.3. The summed E-state index contributed by atoms with van der Waals surface area (Å²) in [5, 5.41) is 9.73. The molecule has 1 aliphatic carbocycles. The van der Waals surface area contributed by atoms with Crippen LogP contribution in [0.25, 0.3) is 0 Å². The predicted octanol–water partition coefficient (Wildman–Crippen LogP) is 6.43. The van der Waals surface area contributed by atoms with Gasteiger partial charge in [-0.05, 0) is 35.2 Å². The summed E-state index contributed by atoms with van der Waals surface area (Å²) in [4.78, 5) is 0. The zero-order valence-electron chi connectivity index (χ0n) is 15.9. The normalized spacial score (nSPS) is 28.3. The molecule has 4 rings (SSSR count). The third-order valence-electron chi connectivity index (χ3n) is 5.75. The van der Waals surface area contributed by atoms with Gasteiger partial charge in [-0.1, -0.05) is 79.0 Å². The van der Waals surface area contributed by atoms with Gasteiger partial charge < -0.3 is 14.2 Å². The molecule has 5 atom stereocenters. The van der Waals surface area contributed by atoms with Crippen LogP contribution < -0.4 is 4.74 Å². The number of para-hydroxylation sites is 1. The molecule has 0 amide bonds. The Hall–Kier alpha value is -1.48.